The van der Waals surface area contributed by atoms with Gasteiger partial charge in [0.1, 0.15) is 11.8 Å². The highest BCUT2D eigenvalue weighted by Gasteiger charge is 2.25. The number of hydrogen-bond acceptors (Lipinski definition) is 4. The van der Waals surface area contributed by atoms with Gasteiger partial charge in [-0.25, -0.2) is 4.79 Å². The Labute approximate surface area is 135 Å². The van der Waals surface area contributed by atoms with Gasteiger partial charge in [0.15, 0.2) is 6.10 Å². The second-order valence-electron chi connectivity index (χ2n) is 5.43. The average Bonchev–Trinajstić information content (AvgIpc) is 2.45. The van der Waals surface area contributed by atoms with Gasteiger partial charge in [-0.2, -0.15) is 0 Å². The summed E-state index contributed by atoms with van der Waals surface area (Å²) in [5.41, 5.74) is 0. The van der Waals surface area contributed by atoms with E-state index in [4.69, 9.17) is 21.1 Å². The standard InChI is InChI=1S/C16H22ClNO4/c1-10(2)8-14(16(20)21-4)18-15(19)11(3)22-13-7-5-6-12(17)9-13/h5-7,9-11,14H,8H2,1-4H3,(H,18,19). The van der Waals surface area contributed by atoms with E-state index < -0.39 is 18.1 Å². The summed E-state index contributed by atoms with van der Waals surface area (Å²) in [6.07, 6.45) is -0.250. The number of halogens is 1. The Bertz CT molecular complexity index is 519. The summed E-state index contributed by atoms with van der Waals surface area (Å²) in [7, 11) is 1.30. The summed E-state index contributed by atoms with van der Waals surface area (Å²) in [5.74, 6) is -0.102. The minimum absolute atomic E-state index is 0.244. The molecule has 5 nitrogen and oxygen atoms in total. The zero-order valence-corrected chi connectivity index (χ0v) is 14.0. The lowest BCUT2D eigenvalue weighted by molar-refractivity contribution is -0.146. The lowest BCUT2D eigenvalue weighted by atomic mass is 10.0. The molecule has 0 saturated heterocycles. The molecule has 0 aliphatic carbocycles. The van der Waals surface area contributed by atoms with E-state index >= 15 is 0 Å². The molecule has 2 unspecified atom stereocenters. The van der Waals surface area contributed by atoms with Gasteiger partial charge in [0.05, 0.1) is 7.11 Å². The Kier molecular flexibility index (Phi) is 7.18. The fraction of sp³-hybridized carbons (Fsp3) is 0.500. The minimum Gasteiger partial charge on any atom is -0.481 e. The number of nitrogens with one attached hydrogen (secondary N) is 1. The molecule has 1 aromatic rings. The van der Waals surface area contributed by atoms with E-state index in [0.717, 1.165) is 0 Å². The van der Waals surface area contributed by atoms with Gasteiger partial charge in [-0.05, 0) is 37.5 Å². The van der Waals surface area contributed by atoms with Crippen LogP contribution < -0.4 is 10.1 Å². The maximum Gasteiger partial charge on any atom is 0.328 e. The maximum atomic E-state index is 12.2. The first kappa shape index (κ1) is 18.3. The van der Waals surface area contributed by atoms with E-state index in [0.29, 0.717) is 17.2 Å². The number of amides is 1. The molecule has 0 aliphatic rings. The largest absolute Gasteiger partial charge is 0.481 e. The quantitative estimate of drug-likeness (QED) is 0.782. The number of benzene rings is 1. The van der Waals surface area contributed by atoms with Crippen LogP contribution in [-0.2, 0) is 14.3 Å². The normalized spacial score (nSPS) is 13.4. The summed E-state index contributed by atoms with van der Waals surface area (Å²) < 4.78 is 10.2. The third-order valence-corrected chi connectivity index (χ3v) is 3.22. The Hall–Kier alpha value is -1.75. The lowest BCUT2D eigenvalue weighted by Gasteiger charge is -2.21. The van der Waals surface area contributed by atoms with Crippen molar-refractivity contribution in [3.63, 3.8) is 0 Å². The second kappa shape index (κ2) is 8.63. The first-order valence-electron chi connectivity index (χ1n) is 7.14. The van der Waals surface area contributed by atoms with Gasteiger partial charge in [-0.3, -0.25) is 4.79 Å². The van der Waals surface area contributed by atoms with E-state index in [1.165, 1.54) is 7.11 Å². The topological polar surface area (TPSA) is 64.6 Å². The number of esters is 1. The summed E-state index contributed by atoms with van der Waals surface area (Å²) in [5, 5.41) is 3.19. The van der Waals surface area contributed by atoms with Crippen molar-refractivity contribution < 1.29 is 19.1 Å². The highest BCUT2D eigenvalue weighted by molar-refractivity contribution is 6.30. The highest BCUT2D eigenvalue weighted by atomic mass is 35.5. The molecule has 0 aliphatic heterocycles. The van der Waals surface area contributed by atoms with Crippen molar-refractivity contribution in [2.24, 2.45) is 5.92 Å². The Morgan fingerprint density at radius 3 is 2.50 bits per heavy atom. The first-order chi connectivity index (χ1) is 10.3. The van der Waals surface area contributed by atoms with Crippen LogP contribution in [0.15, 0.2) is 24.3 Å². The van der Waals surface area contributed by atoms with Crippen molar-refractivity contribution >= 4 is 23.5 Å². The number of rotatable bonds is 7. The smallest absolute Gasteiger partial charge is 0.328 e. The fourth-order valence-electron chi connectivity index (χ4n) is 1.91. The predicted molar refractivity (Wildman–Crippen MR) is 84.9 cm³/mol. The number of carbonyl (C=O) groups excluding carboxylic acids is 2. The SMILES string of the molecule is COC(=O)C(CC(C)C)NC(=O)C(C)Oc1cccc(Cl)c1. The fourth-order valence-corrected chi connectivity index (χ4v) is 2.10. The van der Waals surface area contributed by atoms with Crippen molar-refractivity contribution in [2.75, 3.05) is 7.11 Å². The molecule has 0 heterocycles. The van der Waals surface area contributed by atoms with E-state index in [1.807, 2.05) is 13.8 Å². The van der Waals surface area contributed by atoms with Crippen LogP contribution in [0.4, 0.5) is 0 Å². The van der Waals surface area contributed by atoms with Gasteiger partial charge in [-0.1, -0.05) is 31.5 Å². The first-order valence-corrected chi connectivity index (χ1v) is 7.51. The van der Waals surface area contributed by atoms with Crippen molar-refractivity contribution in [2.45, 2.75) is 39.3 Å². The van der Waals surface area contributed by atoms with Crippen LogP contribution in [0.3, 0.4) is 0 Å². The third-order valence-electron chi connectivity index (χ3n) is 2.99. The van der Waals surface area contributed by atoms with Crippen molar-refractivity contribution in [1.82, 2.24) is 5.32 Å². The zero-order chi connectivity index (χ0) is 16.7. The molecule has 0 spiro atoms. The number of carbonyl (C=O) groups is 2. The zero-order valence-electron chi connectivity index (χ0n) is 13.3. The van der Waals surface area contributed by atoms with Crippen LogP contribution in [0.2, 0.25) is 5.02 Å². The lowest BCUT2D eigenvalue weighted by Crippen LogP contribution is -2.47. The monoisotopic (exact) mass is 327 g/mol. The molecule has 0 fully saturated rings. The molecule has 1 N–H and O–H groups in total. The van der Waals surface area contributed by atoms with Crippen LogP contribution in [0.25, 0.3) is 0 Å². The molecule has 22 heavy (non-hydrogen) atoms. The van der Waals surface area contributed by atoms with Crippen molar-refractivity contribution in [3.05, 3.63) is 29.3 Å². The van der Waals surface area contributed by atoms with Gasteiger partial charge in [-0.15, -0.1) is 0 Å². The van der Waals surface area contributed by atoms with E-state index in [1.54, 1.807) is 31.2 Å². The molecule has 0 bridgehead atoms. The number of hydrogen-bond donors (Lipinski definition) is 1. The molecule has 2 atom stereocenters. The molecule has 6 heteroatoms. The van der Waals surface area contributed by atoms with Crippen LogP contribution in [-0.4, -0.2) is 31.1 Å². The molecule has 0 saturated carbocycles. The molecular formula is C16H22ClNO4. The Morgan fingerprint density at radius 2 is 1.95 bits per heavy atom. The van der Waals surface area contributed by atoms with Crippen LogP contribution >= 0.6 is 11.6 Å². The average molecular weight is 328 g/mol. The summed E-state index contributed by atoms with van der Waals surface area (Å²) >= 11 is 5.87. The Balaban J connectivity index is 2.66. The molecular weight excluding hydrogens is 306 g/mol. The Morgan fingerprint density at radius 1 is 1.27 bits per heavy atom. The number of ether oxygens (including phenoxy) is 2. The van der Waals surface area contributed by atoms with Crippen LogP contribution in [0.5, 0.6) is 5.75 Å². The molecule has 1 aromatic carbocycles. The summed E-state index contributed by atoms with van der Waals surface area (Å²) in [4.78, 5) is 23.9. The predicted octanol–water partition coefficient (Wildman–Crippen LogP) is 2.81. The summed E-state index contributed by atoms with van der Waals surface area (Å²) in [6, 6.07) is 6.11. The molecule has 122 valence electrons. The third kappa shape index (κ3) is 5.93. The molecule has 1 amide bonds. The minimum atomic E-state index is -0.752. The van der Waals surface area contributed by atoms with Crippen LogP contribution in [0, 0.1) is 5.92 Å². The van der Waals surface area contributed by atoms with E-state index in [2.05, 4.69) is 5.32 Å². The second-order valence-corrected chi connectivity index (χ2v) is 5.87. The van der Waals surface area contributed by atoms with Gasteiger partial charge in [0.2, 0.25) is 0 Å². The van der Waals surface area contributed by atoms with Crippen LogP contribution in [0.1, 0.15) is 27.2 Å². The van der Waals surface area contributed by atoms with Crippen molar-refractivity contribution in [1.29, 1.82) is 0 Å². The van der Waals surface area contributed by atoms with Gasteiger partial charge < -0.3 is 14.8 Å². The van der Waals surface area contributed by atoms with E-state index in [9.17, 15) is 9.59 Å². The van der Waals surface area contributed by atoms with E-state index in [-0.39, 0.29) is 11.8 Å². The molecule has 1 rings (SSSR count). The maximum absolute atomic E-state index is 12.2. The molecule has 0 aromatic heterocycles. The van der Waals surface area contributed by atoms with Crippen molar-refractivity contribution in [3.8, 4) is 5.75 Å². The van der Waals surface area contributed by atoms with Gasteiger partial charge >= 0.3 is 5.97 Å². The highest BCUT2D eigenvalue weighted by Crippen LogP contribution is 2.18. The summed E-state index contributed by atoms with van der Waals surface area (Å²) in [6.45, 7) is 5.54. The van der Waals surface area contributed by atoms with Gasteiger partial charge in [0, 0.05) is 5.02 Å². The van der Waals surface area contributed by atoms with Gasteiger partial charge in [0.25, 0.3) is 5.91 Å². The molecule has 0 radical (unpaired) electrons. The number of methoxy groups -OCH3 is 1.